The topological polar surface area (TPSA) is 80.5 Å². The Morgan fingerprint density at radius 2 is 2.11 bits per heavy atom. The van der Waals surface area contributed by atoms with Crippen molar-refractivity contribution in [3.05, 3.63) is 41.5 Å². The Hall–Kier alpha value is -2.57. The summed E-state index contributed by atoms with van der Waals surface area (Å²) < 4.78 is 10.6. The van der Waals surface area contributed by atoms with E-state index in [0.717, 1.165) is 50.3 Å². The second kappa shape index (κ2) is 8.63. The number of urea groups is 1. The third kappa shape index (κ3) is 4.82. The molecule has 2 amide bonds. The molecule has 1 aromatic heterocycles. The van der Waals surface area contributed by atoms with Crippen molar-refractivity contribution in [1.82, 2.24) is 20.4 Å². The molecule has 2 aromatic rings. The molecule has 1 N–H and O–H groups in total. The number of amides is 2. The van der Waals surface area contributed by atoms with Crippen LogP contribution in [0.5, 0.6) is 5.75 Å². The number of nitrogens with zero attached hydrogens (tertiary/aromatic N) is 3. The van der Waals surface area contributed by atoms with Crippen LogP contribution in [0.3, 0.4) is 0 Å². The molecule has 150 valence electrons. The quantitative estimate of drug-likeness (QED) is 0.793. The van der Waals surface area contributed by atoms with E-state index in [1.807, 2.05) is 29.2 Å². The lowest BCUT2D eigenvalue weighted by Gasteiger charge is -2.32. The molecule has 28 heavy (non-hydrogen) atoms. The van der Waals surface area contributed by atoms with Gasteiger partial charge in [-0.05, 0) is 55.7 Å². The maximum absolute atomic E-state index is 12.5. The van der Waals surface area contributed by atoms with E-state index >= 15 is 0 Å². The monoisotopic (exact) mass is 384 g/mol. The van der Waals surface area contributed by atoms with Gasteiger partial charge in [0.05, 0.1) is 7.11 Å². The number of benzene rings is 1. The molecular formula is C21H28N4O3. The highest BCUT2D eigenvalue weighted by Crippen LogP contribution is 2.38. The minimum atomic E-state index is 0.0161. The fourth-order valence-electron chi connectivity index (χ4n) is 3.74. The third-order valence-electron chi connectivity index (χ3n) is 5.54. The minimum absolute atomic E-state index is 0.0161. The van der Waals surface area contributed by atoms with Gasteiger partial charge < -0.3 is 19.5 Å². The summed E-state index contributed by atoms with van der Waals surface area (Å²) in [6.45, 7) is 2.18. The van der Waals surface area contributed by atoms with Crippen molar-refractivity contribution in [2.45, 2.75) is 44.4 Å². The molecule has 1 aliphatic carbocycles. The van der Waals surface area contributed by atoms with Gasteiger partial charge in [0, 0.05) is 32.0 Å². The van der Waals surface area contributed by atoms with Crippen LogP contribution in [0, 0.1) is 5.92 Å². The van der Waals surface area contributed by atoms with E-state index in [9.17, 15) is 4.79 Å². The summed E-state index contributed by atoms with van der Waals surface area (Å²) in [5.74, 6) is 3.32. The van der Waals surface area contributed by atoms with E-state index in [1.165, 1.54) is 18.4 Å². The number of ether oxygens (including phenoxy) is 1. The van der Waals surface area contributed by atoms with Crippen LogP contribution in [0.4, 0.5) is 4.79 Å². The van der Waals surface area contributed by atoms with Gasteiger partial charge in [-0.3, -0.25) is 0 Å². The average Bonchev–Trinajstić information content (AvgIpc) is 3.48. The van der Waals surface area contributed by atoms with E-state index in [4.69, 9.17) is 9.26 Å². The Kier molecular flexibility index (Phi) is 5.78. The maximum atomic E-state index is 12.5. The molecule has 1 atom stereocenters. The van der Waals surface area contributed by atoms with E-state index in [-0.39, 0.29) is 6.03 Å². The zero-order chi connectivity index (χ0) is 19.3. The third-order valence-corrected chi connectivity index (χ3v) is 5.54. The summed E-state index contributed by atoms with van der Waals surface area (Å²) in [5, 5.41) is 7.14. The van der Waals surface area contributed by atoms with Crippen molar-refractivity contribution < 1.29 is 14.1 Å². The molecule has 0 unspecified atom stereocenters. The predicted octanol–water partition coefficient (Wildman–Crippen LogP) is 3.16. The number of hydrogen-bond acceptors (Lipinski definition) is 5. The second-order valence-corrected chi connectivity index (χ2v) is 7.81. The van der Waals surface area contributed by atoms with Crippen molar-refractivity contribution >= 4 is 6.03 Å². The molecule has 0 spiro atoms. The van der Waals surface area contributed by atoms with Crippen molar-refractivity contribution in [2.75, 3.05) is 26.7 Å². The molecule has 0 radical (unpaired) electrons. The Morgan fingerprint density at radius 3 is 2.86 bits per heavy atom. The fraction of sp³-hybridized carbons (Fsp3) is 0.571. The van der Waals surface area contributed by atoms with Crippen molar-refractivity contribution in [3.63, 3.8) is 0 Å². The second-order valence-electron chi connectivity index (χ2n) is 7.81. The number of aromatic nitrogens is 2. The maximum Gasteiger partial charge on any atom is 0.317 e. The SMILES string of the molecule is COc1ccc(CCNC(=O)N2CCC[C@@H](Cc3nc(C4CC4)no3)C2)cc1. The highest BCUT2D eigenvalue weighted by atomic mass is 16.5. The number of carbonyl (C=O) groups excluding carboxylic acids is 1. The molecule has 1 aromatic carbocycles. The van der Waals surface area contributed by atoms with Gasteiger partial charge in [0.2, 0.25) is 5.89 Å². The van der Waals surface area contributed by atoms with Crippen molar-refractivity contribution in [1.29, 1.82) is 0 Å². The molecule has 0 bridgehead atoms. The van der Waals surface area contributed by atoms with E-state index in [1.54, 1.807) is 7.11 Å². The van der Waals surface area contributed by atoms with Crippen LogP contribution < -0.4 is 10.1 Å². The van der Waals surface area contributed by atoms with Gasteiger partial charge >= 0.3 is 6.03 Å². The number of carbonyl (C=O) groups is 1. The molecule has 1 saturated carbocycles. The highest BCUT2D eigenvalue weighted by molar-refractivity contribution is 5.74. The molecule has 1 saturated heterocycles. The summed E-state index contributed by atoms with van der Waals surface area (Å²) in [6, 6.07) is 7.96. The molecule has 2 fully saturated rings. The lowest BCUT2D eigenvalue weighted by molar-refractivity contribution is 0.162. The van der Waals surface area contributed by atoms with Crippen LogP contribution >= 0.6 is 0 Å². The summed E-state index contributed by atoms with van der Waals surface area (Å²) in [7, 11) is 1.66. The number of rotatable bonds is 7. The predicted molar refractivity (Wildman–Crippen MR) is 104 cm³/mol. The Bertz CT molecular complexity index is 785. The first-order valence-electron chi connectivity index (χ1n) is 10.2. The van der Waals surface area contributed by atoms with Gasteiger partial charge in [0.1, 0.15) is 5.75 Å². The average molecular weight is 384 g/mol. The first kappa shape index (κ1) is 18.8. The first-order chi connectivity index (χ1) is 13.7. The van der Waals surface area contributed by atoms with Gasteiger partial charge in [0.15, 0.2) is 5.82 Å². The number of likely N-dealkylation sites (tertiary alicyclic amines) is 1. The lowest BCUT2D eigenvalue weighted by Crippen LogP contribution is -2.46. The van der Waals surface area contributed by atoms with Crippen LogP contribution in [0.25, 0.3) is 0 Å². The molecule has 1 aliphatic heterocycles. The summed E-state index contributed by atoms with van der Waals surface area (Å²) in [6.07, 6.45) is 6.02. The number of piperidine rings is 1. The lowest BCUT2D eigenvalue weighted by atomic mass is 9.95. The van der Waals surface area contributed by atoms with E-state index in [0.29, 0.717) is 24.3 Å². The first-order valence-corrected chi connectivity index (χ1v) is 10.2. The Labute approximate surface area is 165 Å². The van der Waals surface area contributed by atoms with Gasteiger partial charge in [-0.1, -0.05) is 17.3 Å². The van der Waals surface area contributed by atoms with Crippen LogP contribution in [0.2, 0.25) is 0 Å². The summed E-state index contributed by atoms with van der Waals surface area (Å²) in [4.78, 5) is 19.0. The zero-order valence-electron chi connectivity index (χ0n) is 16.4. The van der Waals surface area contributed by atoms with E-state index in [2.05, 4.69) is 15.5 Å². The highest BCUT2D eigenvalue weighted by Gasteiger charge is 2.30. The van der Waals surface area contributed by atoms with Crippen LogP contribution in [0.1, 0.15) is 48.9 Å². The molecular weight excluding hydrogens is 356 g/mol. The molecule has 4 rings (SSSR count). The van der Waals surface area contributed by atoms with Crippen LogP contribution in [-0.2, 0) is 12.8 Å². The number of hydrogen-bond donors (Lipinski definition) is 1. The Balaban J connectivity index is 1.22. The van der Waals surface area contributed by atoms with Crippen molar-refractivity contribution in [2.24, 2.45) is 5.92 Å². The zero-order valence-corrected chi connectivity index (χ0v) is 16.4. The molecule has 7 heteroatoms. The summed E-state index contributed by atoms with van der Waals surface area (Å²) >= 11 is 0. The van der Waals surface area contributed by atoms with E-state index < -0.39 is 0 Å². The molecule has 2 heterocycles. The standard InChI is InChI=1S/C21H28N4O3/c1-27-18-8-4-15(5-9-18)10-11-22-21(26)25-12-2-3-16(14-25)13-19-23-20(24-28-19)17-6-7-17/h4-5,8-9,16-17H,2-3,6-7,10-14H2,1H3,(H,22,26)/t16-/m0/s1. The summed E-state index contributed by atoms with van der Waals surface area (Å²) in [5.41, 5.74) is 1.18. The van der Waals surface area contributed by atoms with Gasteiger partial charge in [0.25, 0.3) is 0 Å². The van der Waals surface area contributed by atoms with Gasteiger partial charge in [-0.2, -0.15) is 4.98 Å². The van der Waals surface area contributed by atoms with Crippen molar-refractivity contribution in [3.8, 4) is 5.75 Å². The Morgan fingerprint density at radius 1 is 1.29 bits per heavy atom. The number of methoxy groups -OCH3 is 1. The number of nitrogens with one attached hydrogen (secondary N) is 1. The smallest absolute Gasteiger partial charge is 0.317 e. The van der Waals surface area contributed by atoms with Crippen LogP contribution in [-0.4, -0.2) is 47.8 Å². The van der Waals surface area contributed by atoms with Gasteiger partial charge in [-0.15, -0.1) is 0 Å². The largest absolute Gasteiger partial charge is 0.497 e. The van der Waals surface area contributed by atoms with Gasteiger partial charge in [-0.25, -0.2) is 4.79 Å². The normalized spacial score (nSPS) is 19.5. The van der Waals surface area contributed by atoms with Crippen LogP contribution in [0.15, 0.2) is 28.8 Å². The fourth-order valence-corrected chi connectivity index (χ4v) is 3.74. The molecule has 2 aliphatic rings. The molecule has 7 nitrogen and oxygen atoms in total. The minimum Gasteiger partial charge on any atom is -0.497 e.